The van der Waals surface area contributed by atoms with Gasteiger partial charge < -0.3 is 13.9 Å². The largest absolute Gasteiger partial charge is 0.464 e. The molecule has 0 saturated heterocycles. The predicted molar refractivity (Wildman–Crippen MR) is 82.5 cm³/mol. The van der Waals surface area contributed by atoms with E-state index in [1.807, 2.05) is 36.9 Å². The van der Waals surface area contributed by atoms with E-state index in [2.05, 4.69) is 0 Å². The van der Waals surface area contributed by atoms with Gasteiger partial charge in [0, 0.05) is 18.3 Å². The van der Waals surface area contributed by atoms with Gasteiger partial charge in [-0.25, -0.2) is 0 Å². The molecule has 5 heteroatoms. The first-order valence-electron chi connectivity index (χ1n) is 7.55. The average molecular weight is 300 g/mol. The maximum absolute atomic E-state index is 12.6. The molecule has 22 heavy (non-hydrogen) atoms. The zero-order valence-electron chi connectivity index (χ0n) is 12.9. The third-order valence-electron chi connectivity index (χ3n) is 3.89. The highest BCUT2D eigenvalue weighted by Crippen LogP contribution is 2.29. The first kappa shape index (κ1) is 14.6. The Morgan fingerprint density at radius 1 is 1.32 bits per heavy atom. The van der Waals surface area contributed by atoms with Crippen molar-refractivity contribution in [1.29, 1.82) is 0 Å². The van der Waals surface area contributed by atoms with Gasteiger partial charge in [0.1, 0.15) is 18.1 Å². The fourth-order valence-electron chi connectivity index (χ4n) is 2.52. The lowest BCUT2D eigenvalue weighted by atomic mass is 10.3. The van der Waals surface area contributed by atoms with Crippen LogP contribution in [0, 0.1) is 13.8 Å². The molecule has 0 atom stereocenters. The molecular formula is C17H20N2O3. The number of aromatic nitrogens is 1. The molecule has 116 valence electrons. The number of nitrogens with zero attached hydrogens (tertiary/aromatic N) is 2. The van der Waals surface area contributed by atoms with Crippen molar-refractivity contribution in [2.75, 3.05) is 0 Å². The topological polar surface area (TPSA) is 55.5 Å². The van der Waals surface area contributed by atoms with E-state index in [9.17, 15) is 9.59 Å². The molecule has 2 aromatic rings. The summed E-state index contributed by atoms with van der Waals surface area (Å²) in [5.41, 5.74) is 0.761. The minimum atomic E-state index is -0.141. The Morgan fingerprint density at radius 2 is 2.09 bits per heavy atom. The molecule has 5 nitrogen and oxygen atoms in total. The molecule has 1 aliphatic carbocycles. The molecule has 2 heterocycles. The van der Waals surface area contributed by atoms with Crippen molar-refractivity contribution in [3.63, 3.8) is 0 Å². The lowest BCUT2D eigenvalue weighted by molar-refractivity contribution is -0.133. The summed E-state index contributed by atoms with van der Waals surface area (Å²) in [4.78, 5) is 26.3. The first-order valence-corrected chi connectivity index (χ1v) is 7.55. The molecule has 1 aliphatic rings. The Labute approximate surface area is 129 Å². The van der Waals surface area contributed by atoms with E-state index in [-0.39, 0.29) is 24.1 Å². The normalized spacial score (nSPS) is 14.1. The fraction of sp³-hybridized carbons (Fsp3) is 0.412. The predicted octanol–water partition coefficient (Wildman–Crippen LogP) is 2.25. The molecule has 3 rings (SSSR count). The van der Waals surface area contributed by atoms with Gasteiger partial charge in [-0.05, 0) is 50.5 Å². The van der Waals surface area contributed by atoms with Crippen LogP contribution in [0.15, 0.2) is 39.7 Å². The molecule has 0 N–H and O–H groups in total. The van der Waals surface area contributed by atoms with Crippen LogP contribution in [-0.4, -0.2) is 21.4 Å². The number of hydrogen-bond acceptors (Lipinski definition) is 3. The highest BCUT2D eigenvalue weighted by Gasteiger charge is 2.33. The van der Waals surface area contributed by atoms with Crippen LogP contribution in [0.3, 0.4) is 0 Å². The molecule has 1 fully saturated rings. The summed E-state index contributed by atoms with van der Waals surface area (Å²) in [6.45, 7) is 4.30. The quantitative estimate of drug-likeness (QED) is 0.851. The van der Waals surface area contributed by atoms with Crippen molar-refractivity contribution in [3.05, 3.63) is 57.9 Å². The van der Waals surface area contributed by atoms with Crippen molar-refractivity contribution in [2.24, 2.45) is 0 Å². The SMILES string of the molecule is Cc1ccn(CC(=O)N(Cc2ccc(C)o2)C2CC2)c(=O)c1. The molecule has 0 aromatic carbocycles. The third-order valence-corrected chi connectivity index (χ3v) is 3.89. The molecular weight excluding hydrogens is 280 g/mol. The number of amides is 1. The van der Waals surface area contributed by atoms with Crippen molar-refractivity contribution >= 4 is 5.91 Å². The zero-order valence-corrected chi connectivity index (χ0v) is 12.9. The summed E-state index contributed by atoms with van der Waals surface area (Å²) in [6, 6.07) is 7.46. The second-order valence-electron chi connectivity index (χ2n) is 5.94. The van der Waals surface area contributed by atoms with Crippen LogP contribution < -0.4 is 5.56 Å². The molecule has 0 bridgehead atoms. The summed E-state index contributed by atoms with van der Waals surface area (Å²) < 4.78 is 7.03. The van der Waals surface area contributed by atoms with Crippen LogP contribution in [0.4, 0.5) is 0 Å². The Balaban J connectivity index is 1.74. The van der Waals surface area contributed by atoms with Gasteiger partial charge >= 0.3 is 0 Å². The molecule has 0 radical (unpaired) electrons. The van der Waals surface area contributed by atoms with Crippen LogP contribution in [0.25, 0.3) is 0 Å². The van der Waals surface area contributed by atoms with Gasteiger partial charge in [-0.1, -0.05) is 0 Å². The number of pyridine rings is 1. The van der Waals surface area contributed by atoms with Gasteiger partial charge in [0.15, 0.2) is 0 Å². The standard InChI is InChI=1S/C17H20N2O3/c1-12-7-8-18(16(20)9-12)11-17(21)19(14-4-5-14)10-15-6-3-13(2)22-15/h3,6-9,14H,4-5,10-11H2,1-2H3. The maximum atomic E-state index is 12.6. The first-order chi connectivity index (χ1) is 10.5. The molecule has 0 spiro atoms. The van der Waals surface area contributed by atoms with Crippen LogP contribution in [0.2, 0.25) is 0 Å². The molecule has 1 saturated carbocycles. The van der Waals surface area contributed by atoms with E-state index in [1.165, 1.54) is 4.57 Å². The minimum Gasteiger partial charge on any atom is -0.464 e. The lowest BCUT2D eigenvalue weighted by Crippen LogP contribution is -2.37. The van der Waals surface area contributed by atoms with E-state index in [1.54, 1.807) is 12.3 Å². The van der Waals surface area contributed by atoms with Crippen LogP contribution in [0.5, 0.6) is 0 Å². The number of rotatable bonds is 5. The van der Waals surface area contributed by atoms with Crippen molar-refractivity contribution in [2.45, 2.75) is 45.8 Å². The second-order valence-corrected chi connectivity index (χ2v) is 5.94. The monoisotopic (exact) mass is 300 g/mol. The Kier molecular flexibility index (Phi) is 3.88. The average Bonchev–Trinajstić information content (AvgIpc) is 3.22. The summed E-state index contributed by atoms with van der Waals surface area (Å²) in [6.07, 6.45) is 3.72. The van der Waals surface area contributed by atoms with Gasteiger partial charge in [-0.3, -0.25) is 9.59 Å². The fourth-order valence-corrected chi connectivity index (χ4v) is 2.52. The smallest absolute Gasteiger partial charge is 0.251 e. The highest BCUT2D eigenvalue weighted by atomic mass is 16.3. The zero-order chi connectivity index (χ0) is 15.7. The van der Waals surface area contributed by atoms with E-state index in [4.69, 9.17) is 4.42 Å². The summed E-state index contributed by atoms with van der Waals surface area (Å²) >= 11 is 0. The van der Waals surface area contributed by atoms with E-state index in [0.717, 1.165) is 29.9 Å². The van der Waals surface area contributed by atoms with E-state index in [0.29, 0.717) is 6.54 Å². The van der Waals surface area contributed by atoms with Crippen LogP contribution in [0.1, 0.15) is 29.9 Å². The van der Waals surface area contributed by atoms with Crippen molar-refractivity contribution in [3.8, 4) is 0 Å². The lowest BCUT2D eigenvalue weighted by Gasteiger charge is -2.21. The molecule has 0 aliphatic heterocycles. The van der Waals surface area contributed by atoms with Crippen molar-refractivity contribution in [1.82, 2.24) is 9.47 Å². The maximum Gasteiger partial charge on any atom is 0.251 e. The Hall–Kier alpha value is -2.30. The Morgan fingerprint density at radius 3 is 2.68 bits per heavy atom. The van der Waals surface area contributed by atoms with Gasteiger partial charge in [-0.15, -0.1) is 0 Å². The van der Waals surface area contributed by atoms with Crippen LogP contribution >= 0.6 is 0 Å². The Bertz CT molecular complexity index is 740. The number of hydrogen-bond donors (Lipinski definition) is 0. The minimum absolute atomic E-state index is 0.0393. The summed E-state index contributed by atoms with van der Waals surface area (Å²) in [5.74, 6) is 1.59. The summed E-state index contributed by atoms with van der Waals surface area (Å²) in [7, 11) is 0. The van der Waals surface area contributed by atoms with E-state index >= 15 is 0 Å². The number of carbonyl (C=O) groups excluding carboxylic acids is 1. The molecule has 2 aromatic heterocycles. The number of furan rings is 1. The van der Waals surface area contributed by atoms with Gasteiger partial charge in [0.2, 0.25) is 5.91 Å². The number of aryl methyl sites for hydroxylation is 2. The van der Waals surface area contributed by atoms with Crippen LogP contribution in [-0.2, 0) is 17.9 Å². The molecule has 1 amide bonds. The molecule has 0 unspecified atom stereocenters. The van der Waals surface area contributed by atoms with E-state index < -0.39 is 0 Å². The van der Waals surface area contributed by atoms with Gasteiger partial charge in [0.25, 0.3) is 5.56 Å². The summed E-state index contributed by atoms with van der Waals surface area (Å²) in [5, 5.41) is 0. The van der Waals surface area contributed by atoms with Gasteiger partial charge in [0.05, 0.1) is 6.54 Å². The third kappa shape index (κ3) is 3.30. The highest BCUT2D eigenvalue weighted by molar-refractivity contribution is 5.76. The van der Waals surface area contributed by atoms with Crippen molar-refractivity contribution < 1.29 is 9.21 Å². The van der Waals surface area contributed by atoms with Gasteiger partial charge in [-0.2, -0.15) is 0 Å². The second kappa shape index (κ2) is 5.83. The number of carbonyl (C=O) groups is 1.